The standard InChI is InChI=1S/C16H16N4O/c1-16(2)7-13(12-5-3-4-6-14(12)21-16)20-15-10-18-11(8-17)9-19-15/h3-6,9-10,13H,7H2,1-2H3,(H,19,20). The number of aromatic nitrogens is 2. The summed E-state index contributed by atoms with van der Waals surface area (Å²) >= 11 is 0. The molecule has 1 aliphatic heterocycles. The van der Waals surface area contributed by atoms with Gasteiger partial charge in [-0.15, -0.1) is 0 Å². The molecule has 2 aromatic rings. The van der Waals surface area contributed by atoms with Crippen LogP contribution in [0, 0.1) is 11.3 Å². The van der Waals surface area contributed by atoms with E-state index in [0.717, 1.165) is 17.7 Å². The molecule has 5 nitrogen and oxygen atoms in total. The molecule has 0 bridgehead atoms. The van der Waals surface area contributed by atoms with Crippen LogP contribution in [0.1, 0.15) is 37.6 Å². The molecule has 2 heterocycles. The highest BCUT2D eigenvalue weighted by atomic mass is 16.5. The predicted molar refractivity (Wildman–Crippen MR) is 78.9 cm³/mol. The fraction of sp³-hybridized carbons (Fsp3) is 0.312. The van der Waals surface area contributed by atoms with Gasteiger partial charge in [0.1, 0.15) is 23.2 Å². The lowest BCUT2D eigenvalue weighted by atomic mass is 9.90. The minimum Gasteiger partial charge on any atom is -0.487 e. The Balaban J connectivity index is 1.89. The van der Waals surface area contributed by atoms with Crippen molar-refractivity contribution in [1.82, 2.24) is 9.97 Å². The number of hydrogen-bond acceptors (Lipinski definition) is 5. The summed E-state index contributed by atoms with van der Waals surface area (Å²) in [6.45, 7) is 4.14. The zero-order valence-electron chi connectivity index (χ0n) is 12.0. The Morgan fingerprint density at radius 2 is 2.10 bits per heavy atom. The molecule has 1 aromatic heterocycles. The quantitative estimate of drug-likeness (QED) is 0.915. The lowest BCUT2D eigenvalue weighted by molar-refractivity contribution is 0.0758. The molecule has 1 aromatic carbocycles. The van der Waals surface area contributed by atoms with Gasteiger partial charge in [-0.05, 0) is 19.9 Å². The zero-order valence-corrected chi connectivity index (χ0v) is 12.0. The maximum atomic E-state index is 8.76. The van der Waals surface area contributed by atoms with Crippen LogP contribution in [0.3, 0.4) is 0 Å². The van der Waals surface area contributed by atoms with Crippen LogP contribution in [0.4, 0.5) is 5.82 Å². The van der Waals surface area contributed by atoms with E-state index in [4.69, 9.17) is 10.00 Å². The first-order valence-corrected chi connectivity index (χ1v) is 6.84. The van der Waals surface area contributed by atoms with E-state index in [9.17, 15) is 0 Å². The molecule has 0 aliphatic carbocycles. The largest absolute Gasteiger partial charge is 0.487 e. The van der Waals surface area contributed by atoms with Crippen LogP contribution in [0.15, 0.2) is 36.7 Å². The van der Waals surface area contributed by atoms with Crippen LogP contribution in [0.2, 0.25) is 0 Å². The maximum Gasteiger partial charge on any atom is 0.158 e. The van der Waals surface area contributed by atoms with Gasteiger partial charge in [0.25, 0.3) is 0 Å². The second-order valence-electron chi connectivity index (χ2n) is 5.70. The molecule has 1 atom stereocenters. The molecule has 21 heavy (non-hydrogen) atoms. The Bertz CT molecular complexity index is 688. The Kier molecular flexibility index (Phi) is 3.22. The highest BCUT2D eigenvalue weighted by molar-refractivity contribution is 5.45. The molecule has 0 amide bonds. The molecule has 1 unspecified atom stereocenters. The first kappa shape index (κ1) is 13.4. The van der Waals surface area contributed by atoms with E-state index < -0.39 is 0 Å². The molecule has 1 aliphatic rings. The fourth-order valence-electron chi connectivity index (χ4n) is 2.57. The number of fused-ring (bicyclic) bond motifs is 1. The number of benzene rings is 1. The van der Waals surface area contributed by atoms with E-state index in [1.54, 1.807) is 6.20 Å². The van der Waals surface area contributed by atoms with Crippen LogP contribution in [0.5, 0.6) is 5.75 Å². The predicted octanol–water partition coefficient (Wildman–Crippen LogP) is 3.06. The summed E-state index contributed by atoms with van der Waals surface area (Å²) in [7, 11) is 0. The number of nitrogens with one attached hydrogen (secondary N) is 1. The highest BCUT2D eigenvalue weighted by Gasteiger charge is 2.33. The Hall–Kier alpha value is -2.61. The summed E-state index contributed by atoms with van der Waals surface area (Å²) in [5.74, 6) is 1.55. The van der Waals surface area contributed by atoms with E-state index in [-0.39, 0.29) is 11.6 Å². The average Bonchev–Trinajstić information content (AvgIpc) is 2.47. The van der Waals surface area contributed by atoms with Crippen molar-refractivity contribution in [3.8, 4) is 11.8 Å². The van der Waals surface area contributed by atoms with Gasteiger partial charge < -0.3 is 10.1 Å². The lowest BCUT2D eigenvalue weighted by Crippen LogP contribution is -2.37. The molecule has 1 N–H and O–H groups in total. The van der Waals surface area contributed by atoms with Crippen molar-refractivity contribution >= 4 is 5.82 Å². The normalized spacial score (nSPS) is 19.0. The van der Waals surface area contributed by atoms with Gasteiger partial charge in [-0.3, -0.25) is 0 Å². The van der Waals surface area contributed by atoms with Crippen LogP contribution in [-0.2, 0) is 0 Å². The van der Waals surface area contributed by atoms with Gasteiger partial charge in [-0.25, -0.2) is 9.97 Å². The van der Waals surface area contributed by atoms with E-state index in [1.165, 1.54) is 6.20 Å². The maximum absolute atomic E-state index is 8.76. The third kappa shape index (κ3) is 2.79. The van der Waals surface area contributed by atoms with Crippen molar-refractivity contribution in [3.05, 3.63) is 47.9 Å². The third-order valence-electron chi connectivity index (χ3n) is 3.46. The zero-order chi connectivity index (χ0) is 14.9. The Labute approximate surface area is 123 Å². The number of nitrogens with zero attached hydrogens (tertiary/aromatic N) is 3. The number of nitriles is 1. The van der Waals surface area contributed by atoms with Crippen LogP contribution < -0.4 is 10.1 Å². The molecule has 0 saturated heterocycles. The second kappa shape index (κ2) is 5.06. The Morgan fingerprint density at radius 3 is 2.81 bits per heavy atom. The van der Waals surface area contributed by atoms with Crippen LogP contribution in [0.25, 0.3) is 0 Å². The SMILES string of the molecule is CC1(C)CC(Nc2cnc(C#N)cn2)c2ccccc2O1. The van der Waals surface area contributed by atoms with Crippen molar-refractivity contribution in [2.45, 2.75) is 31.9 Å². The van der Waals surface area contributed by atoms with Crippen molar-refractivity contribution in [2.24, 2.45) is 0 Å². The number of hydrogen-bond donors (Lipinski definition) is 1. The highest BCUT2D eigenvalue weighted by Crippen LogP contribution is 2.40. The molecule has 0 spiro atoms. The van der Waals surface area contributed by atoms with E-state index in [0.29, 0.717) is 11.5 Å². The number of para-hydroxylation sites is 1. The van der Waals surface area contributed by atoms with Gasteiger partial charge in [0.05, 0.1) is 18.4 Å². The van der Waals surface area contributed by atoms with Gasteiger partial charge >= 0.3 is 0 Å². The summed E-state index contributed by atoms with van der Waals surface area (Å²) < 4.78 is 6.00. The minimum absolute atomic E-state index is 0.104. The van der Waals surface area contributed by atoms with Gasteiger partial charge in [0.2, 0.25) is 0 Å². The molecule has 106 valence electrons. The summed E-state index contributed by atoms with van der Waals surface area (Å²) in [5.41, 5.74) is 1.18. The monoisotopic (exact) mass is 280 g/mol. The lowest BCUT2D eigenvalue weighted by Gasteiger charge is -2.38. The molecule has 0 fully saturated rings. The van der Waals surface area contributed by atoms with Crippen molar-refractivity contribution in [3.63, 3.8) is 0 Å². The van der Waals surface area contributed by atoms with Crippen molar-refractivity contribution < 1.29 is 4.74 Å². The molecular formula is C16H16N4O. The summed E-state index contributed by atoms with van der Waals surface area (Å²) in [4.78, 5) is 8.27. The van der Waals surface area contributed by atoms with Gasteiger partial charge in [-0.2, -0.15) is 5.26 Å². The first-order chi connectivity index (χ1) is 10.1. The number of anilines is 1. The van der Waals surface area contributed by atoms with E-state index in [2.05, 4.69) is 35.2 Å². The Morgan fingerprint density at radius 1 is 1.29 bits per heavy atom. The van der Waals surface area contributed by atoms with Crippen LogP contribution in [-0.4, -0.2) is 15.6 Å². The minimum atomic E-state index is -0.244. The van der Waals surface area contributed by atoms with E-state index in [1.807, 2.05) is 24.3 Å². The fourth-order valence-corrected chi connectivity index (χ4v) is 2.57. The summed E-state index contributed by atoms with van der Waals surface area (Å²) in [6, 6.07) is 10.1. The number of ether oxygens (including phenoxy) is 1. The third-order valence-corrected chi connectivity index (χ3v) is 3.46. The molecular weight excluding hydrogens is 264 g/mol. The number of rotatable bonds is 2. The first-order valence-electron chi connectivity index (χ1n) is 6.84. The molecule has 0 radical (unpaired) electrons. The van der Waals surface area contributed by atoms with Crippen LogP contribution >= 0.6 is 0 Å². The van der Waals surface area contributed by atoms with Crippen molar-refractivity contribution in [1.29, 1.82) is 5.26 Å². The van der Waals surface area contributed by atoms with Gasteiger partial charge in [0, 0.05) is 12.0 Å². The summed E-state index contributed by atoms with van der Waals surface area (Å²) in [5, 5.41) is 12.1. The molecule has 3 rings (SSSR count). The average molecular weight is 280 g/mol. The summed E-state index contributed by atoms with van der Waals surface area (Å²) in [6.07, 6.45) is 3.88. The smallest absolute Gasteiger partial charge is 0.158 e. The molecule has 0 saturated carbocycles. The molecule has 5 heteroatoms. The van der Waals surface area contributed by atoms with Gasteiger partial charge in [-0.1, -0.05) is 18.2 Å². The second-order valence-corrected chi connectivity index (χ2v) is 5.70. The topological polar surface area (TPSA) is 70.8 Å². The van der Waals surface area contributed by atoms with Gasteiger partial charge in [0.15, 0.2) is 5.69 Å². The van der Waals surface area contributed by atoms with E-state index >= 15 is 0 Å². The van der Waals surface area contributed by atoms with Crippen molar-refractivity contribution in [2.75, 3.05) is 5.32 Å².